The van der Waals surface area contributed by atoms with Gasteiger partial charge >= 0.3 is 6.18 Å². The van der Waals surface area contributed by atoms with Crippen molar-refractivity contribution in [1.29, 1.82) is 0 Å². The molecule has 10 heteroatoms. The first-order valence-corrected chi connectivity index (χ1v) is 12.0. The van der Waals surface area contributed by atoms with Gasteiger partial charge in [0.1, 0.15) is 0 Å². The van der Waals surface area contributed by atoms with Crippen molar-refractivity contribution >= 4 is 38.7 Å². The lowest BCUT2D eigenvalue weighted by Gasteiger charge is -2.34. The number of Topliss-reactive ketones (excluding diaryl/α,β-unsaturated/α-hetero) is 1. The highest BCUT2D eigenvalue weighted by atomic mass is 32.1. The minimum Gasteiger partial charge on any atom is -0.399 e. The van der Waals surface area contributed by atoms with Crippen LogP contribution in [0.2, 0.25) is 0 Å². The van der Waals surface area contributed by atoms with E-state index in [0.29, 0.717) is 48.0 Å². The molecule has 0 radical (unpaired) electrons. The van der Waals surface area contributed by atoms with Crippen molar-refractivity contribution in [2.45, 2.75) is 52.3 Å². The van der Waals surface area contributed by atoms with E-state index in [2.05, 4.69) is 15.5 Å². The summed E-state index contributed by atoms with van der Waals surface area (Å²) >= 11 is 1.38. The predicted octanol–water partition coefficient (Wildman–Crippen LogP) is 6.16. The third-order valence-corrected chi connectivity index (χ3v) is 7.85. The molecule has 1 aliphatic heterocycles. The first kappa shape index (κ1) is 24.4. The van der Waals surface area contributed by atoms with Crippen molar-refractivity contribution in [2.75, 3.05) is 24.3 Å². The Labute approximate surface area is 199 Å². The molecule has 1 aromatic carbocycles. The van der Waals surface area contributed by atoms with Gasteiger partial charge in [-0.05, 0) is 62.9 Å². The second-order valence-corrected chi connectivity index (χ2v) is 9.87. The fourth-order valence-corrected chi connectivity index (χ4v) is 5.58. The smallest absolute Gasteiger partial charge is 0.399 e. The quantitative estimate of drug-likeness (QED) is 0.316. The van der Waals surface area contributed by atoms with Gasteiger partial charge in [0.15, 0.2) is 11.6 Å². The lowest BCUT2D eigenvalue weighted by atomic mass is 9.74. The van der Waals surface area contributed by atoms with E-state index in [1.807, 2.05) is 19.9 Å². The first-order chi connectivity index (χ1) is 16.0. The highest BCUT2D eigenvalue weighted by Gasteiger charge is 2.39. The van der Waals surface area contributed by atoms with Gasteiger partial charge in [0.25, 0.3) is 0 Å². The molecule has 0 unspecified atom stereocenters. The normalized spacial score (nSPS) is 17.0. The molecule has 182 valence electrons. The third-order valence-electron chi connectivity index (χ3n) is 6.61. The van der Waals surface area contributed by atoms with Gasteiger partial charge in [-0.3, -0.25) is 4.79 Å². The minimum atomic E-state index is -4.50. The molecule has 4 rings (SSSR count). The van der Waals surface area contributed by atoms with Gasteiger partial charge in [-0.25, -0.2) is 0 Å². The lowest BCUT2D eigenvalue weighted by Crippen LogP contribution is -2.36. The SMILES string of the molecule is CCC1(C(=O)c2cc3c(N[C@H](C)c4cc(N)cc(C(F)(F)F)c4)nnc(C)c3s2)CCOCC1. The Hall–Kier alpha value is -2.72. The van der Waals surface area contributed by atoms with E-state index >= 15 is 0 Å². The van der Waals surface area contributed by atoms with Gasteiger partial charge in [0.05, 0.1) is 26.9 Å². The Morgan fingerprint density at radius 3 is 2.59 bits per heavy atom. The maximum absolute atomic E-state index is 13.5. The van der Waals surface area contributed by atoms with E-state index < -0.39 is 23.2 Å². The molecule has 1 saturated heterocycles. The number of carbonyl (C=O) groups excluding carboxylic acids is 1. The maximum atomic E-state index is 13.5. The Kier molecular flexibility index (Phi) is 6.56. The van der Waals surface area contributed by atoms with Crippen LogP contribution in [0.4, 0.5) is 24.7 Å². The molecule has 6 nitrogen and oxygen atoms in total. The highest BCUT2D eigenvalue weighted by Crippen LogP contribution is 2.42. The molecular formula is C24H27F3N4O2S. The molecule has 3 aromatic rings. The number of thiophene rings is 1. The summed E-state index contributed by atoms with van der Waals surface area (Å²) in [7, 11) is 0. The van der Waals surface area contributed by atoms with Crippen LogP contribution in [0, 0.1) is 12.3 Å². The highest BCUT2D eigenvalue weighted by molar-refractivity contribution is 7.21. The standard InChI is InChI=1S/C24H27F3N4O2S/c1-4-23(5-7-33-8-6-23)21(32)19-12-18-20(34-19)14(3)30-31-22(18)29-13(2)15-9-16(24(25,26)27)11-17(28)10-15/h9-13H,4-8,28H2,1-3H3,(H,29,31)/t13-/m1/s1. The summed E-state index contributed by atoms with van der Waals surface area (Å²) < 4.78 is 46.0. The maximum Gasteiger partial charge on any atom is 0.416 e. The van der Waals surface area contributed by atoms with Crippen molar-refractivity contribution in [3.05, 3.63) is 46.0 Å². The molecule has 3 N–H and O–H groups in total. The second kappa shape index (κ2) is 9.14. The largest absolute Gasteiger partial charge is 0.416 e. The summed E-state index contributed by atoms with van der Waals surface area (Å²) in [4.78, 5) is 14.2. The zero-order chi connectivity index (χ0) is 24.7. The molecule has 3 heterocycles. The fraction of sp³-hybridized carbons (Fsp3) is 0.458. The van der Waals surface area contributed by atoms with Crippen LogP contribution in [0.1, 0.15) is 65.6 Å². The van der Waals surface area contributed by atoms with Gasteiger partial charge in [-0.2, -0.15) is 18.3 Å². The lowest BCUT2D eigenvalue weighted by molar-refractivity contribution is -0.137. The summed E-state index contributed by atoms with van der Waals surface area (Å²) in [6.45, 7) is 6.72. The summed E-state index contributed by atoms with van der Waals surface area (Å²) in [5, 5.41) is 12.4. The Morgan fingerprint density at radius 1 is 1.24 bits per heavy atom. The summed E-state index contributed by atoms with van der Waals surface area (Å²) in [5.74, 6) is 0.514. The van der Waals surface area contributed by atoms with Crippen molar-refractivity contribution in [3.8, 4) is 0 Å². The van der Waals surface area contributed by atoms with Crippen molar-refractivity contribution in [3.63, 3.8) is 0 Å². The van der Waals surface area contributed by atoms with E-state index in [9.17, 15) is 18.0 Å². The van der Waals surface area contributed by atoms with Crippen LogP contribution >= 0.6 is 11.3 Å². The number of aromatic nitrogens is 2. The number of hydrogen-bond donors (Lipinski definition) is 2. The average Bonchev–Trinajstić information content (AvgIpc) is 3.26. The van der Waals surface area contributed by atoms with E-state index in [1.165, 1.54) is 17.4 Å². The first-order valence-electron chi connectivity index (χ1n) is 11.2. The molecule has 1 atom stereocenters. The molecule has 0 bridgehead atoms. The van der Waals surface area contributed by atoms with Gasteiger partial charge in [0.2, 0.25) is 0 Å². The predicted molar refractivity (Wildman–Crippen MR) is 127 cm³/mol. The number of nitrogens with zero attached hydrogens (tertiary/aromatic N) is 2. The van der Waals surface area contributed by atoms with Gasteiger partial charge in [-0.15, -0.1) is 16.4 Å². The molecule has 0 spiro atoms. The molecule has 2 aromatic heterocycles. The number of alkyl halides is 3. The number of ether oxygens (including phenoxy) is 1. The molecule has 0 amide bonds. The Morgan fingerprint density at radius 2 is 1.94 bits per heavy atom. The summed E-state index contributed by atoms with van der Waals surface area (Å²) in [6.07, 6.45) is -2.39. The number of aryl methyl sites for hydroxylation is 1. The number of fused-ring (bicyclic) bond motifs is 1. The number of nitrogen functional groups attached to an aromatic ring is 1. The van der Waals surface area contributed by atoms with Crippen molar-refractivity contribution in [1.82, 2.24) is 10.2 Å². The molecule has 1 aliphatic rings. The van der Waals surface area contributed by atoms with Gasteiger partial charge in [0, 0.05) is 29.7 Å². The molecule has 0 saturated carbocycles. The van der Waals surface area contributed by atoms with Crippen LogP contribution in [0.25, 0.3) is 10.1 Å². The van der Waals surface area contributed by atoms with Crippen LogP contribution in [0.3, 0.4) is 0 Å². The zero-order valence-corrected chi connectivity index (χ0v) is 20.1. The number of rotatable bonds is 6. The van der Waals surface area contributed by atoms with E-state index in [0.717, 1.165) is 28.6 Å². The molecular weight excluding hydrogens is 465 g/mol. The van der Waals surface area contributed by atoms with Gasteiger partial charge < -0.3 is 15.8 Å². The van der Waals surface area contributed by atoms with E-state index in [1.54, 1.807) is 6.92 Å². The molecule has 1 fully saturated rings. The number of carbonyl (C=O) groups is 1. The summed E-state index contributed by atoms with van der Waals surface area (Å²) in [6, 6.07) is 4.79. The number of nitrogens with one attached hydrogen (secondary N) is 1. The van der Waals surface area contributed by atoms with Crippen LogP contribution < -0.4 is 11.1 Å². The fourth-order valence-electron chi connectivity index (χ4n) is 4.42. The number of ketones is 1. The molecule has 34 heavy (non-hydrogen) atoms. The van der Waals surface area contributed by atoms with Crippen LogP contribution in [-0.2, 0) is 10.9 Å². The second-order valence-electron chi connectivity index (χ2n) is 8.81. The van der Waals surface area contributed by atoms with Crippen LogP contribution in [0.15, 0.2) is 24.3 Å². The minimum absolute atomic E-state index is 0.0309. The number of benzene rings is 1. The van der Waals surface area contributed by atoms with Crippen LogP contribution in [0.5, 0.6) is 0 Å². The van der Waals surface area contributed by atoms with Crippen molar-refractivity contribution < 1.29 is 22.7 Å². The van der Waals surface area contributed by atoms with Crippen molar-refractivity contribution in [2.24, 2.45) is 5.41 Å². The monoisotopic (exact) mass is 492 g/mol. The van der Waals surface area contributed by atoms with E-state index in [4.69, 9.17) is 10.5 Å². The number of nitrogens with two attached hydrogens (primary N) is 1. The summed E-state index contributed by atoms with van der Waals surface area (Å²) in [5.41, 5.74) is 5.59. The van der Waals surface area contributed by atoms with Crippen LogP contribution in [-0.4, -0.2) is 29.2 Å². The van der Waals surface area contributed by atoms with E-state index in [-0.39, 0.29) is 11.5 Å². The number of hydrogen-bond acceptors (Lipinski definition) is 7. The average molecular weight is 493 g/mol. The molecule has 0 aliphatic carbocycles. The Balaban J connectivity index is 1.68. The third kappa shape index (κ3) is 4.61. The zero-order valence-electron chi connectivity index (χ0n) is 19.3. The number of halogens is 3. The number of anilines is 2. The Bertz CT molecular complexity index is 1220. The topological polar surface area (TPSA) is 90.1 Å². The van der Waals surface area contributed by atoms with Gasteiger partial charge in [-0.1, -0.05) is 6.92 Å².